The number of nitrogens with zero attached hydrogens (tertiary/aromatic N) is 3. The van der Waals surface area contributed by atoms with Crippen molar-refractivity contribution in [3.63, 3.8) is 0 Å². The number of pyridine rings is 1. The molecule has 86 valence electrons. The van der Waals surface area contributed by atoms with Crippen molar-refractivity contribution in [2.24, 2.45) is 5.73 Å². The zero-order valence-electron chi connectivity index (χ0n) is 8.87. The number of hydrogen-bond donors (Lipinski definition) is 1. The van der Waals surface area contributed by atoms with Crippen LogP contribution in [0.1, 0.15) is 12.8 Å². The Kier molecular flexibility index (Phi) is 3.00. The maximum Gasteiger partial charge on any atom is 0.311 e. The molecule has 0 spiro atoms. The minimum absolute atomic E-state index is 0.0524. The molecule has 0 radical (unpaired) electrons. The molecule has 0 amide bonds. The Bertz CT molecular complexity index is 396. The molecular formula is C10H14N4O2. The summed E-state index contributed by atoms with van der Waals surface area (Å²) < 4.78 is 0. The minimum Gasteiger partial charge on any atom is -0.349 e. The van der Waals surface area contributed by atoms with Crippen molar-refractivity contribution in [1.82, 2.24) is 4.98 Å². The van der Waals surface area contributed by atoms with Crippen LogP contribution in [0.5, 0.6) is 0 Å². The van der Waals surface area contributed by atoms with Gasteiger partial charge in [-0.05, 0) is 18.9 Å². The van der Waals surface area contributed by atoms with Crippen LogP contribution in [0.3, 0.4) is 0 Å². The second-order valence-corrected chi connectivity index (χ2v) is 3.95. The van der Waals surface area contributed by atoms with E-state index in [1.807, 2.05) is 4.90 Å². The molecule has 1 atom stereocenters. The van der Waals surface area contributed by atoms with E-state index >= 15 is 0 Å². The molecular weight excluding hydrogens is 208 g/mol. The number of aromatic nitrogens is 1. The molecule has 16 heavy (non-hydrogen) atoms. The number of hydrogen-bond acceptors (Lipinski definition) is 5. The number of piperidine rings is 1. The first-order chi connectivity index (χ1) is 7.68. The SMILES string of the molecule is N[C@@H]1CCCN(c2ncccc2[N+](=O)[O-])C1. The summed E-state index contributed by atoms with van der Waals surface area (Å²) >= 11 is 0. The van der Waals surface area contributed by atoms with Crippen molar-refractivity contribution in [3.8, 4) is 0 Å². The average molecular weight is 222 g/mol. The largest absolute Gasteiger partial charge is 0.349 e. The highest BCUT2D eigenvalue weighted by molar-refractivity contribution is 5.57. The van der Waals surface area contributed by atoms with Crippen molar-refractivity contribution in [3.05, 3.63) is 28.4 Å². The standard InChI is InChI=1S/C10H14N4O2/c11-8-3-2-6-13(7-8)10-9(14(15)16)4-1-5-12-10/h1,4-5,8H,2-3,6-7,11H2/t8-/m1/s1. The van der Waals surface area contributed by atoms with Crippen LogP contribution in [0.4, 0.5) is 11.5 Å². The maximum atomic E-state index is 10.9. The van der Waals surface area contributed by atoms with Crippen LogP contribution in [-0.4, -0.2) is 29.0 Å². The van der Waals surface area contributed by atoms with Crippen molar-refractivity contribution in [1.29, 1.82) is 0 Å². The van der Waals surface area contributed by atoms with Gasteiger partial charge in [-0.15, -0.1) is 0 Å². The van der Waals surface area contributed by atoms with Gasteiger partial charge >= 0.3 is 5.69 Å². The number of nitro groups is 1. The van der Waals surface area contributed by atoms with Gasteiger partial charge in [0.2, 0.25) is 5.82 Å². The predicted octanol–water partition coefficient (Wildman–Crippen LogP) is 0.917. The lowest BCUT2D eigenvalue weighted by molar-refractivity contribution is -0.384. The second-order valence-electron chi connectivity index (χ2n) is 3.95. The first-order valence-electron chi connectivity index (χ1n) is 5.28. The monoisotopic (exact) mass is 222 g/mol. The molecule has 1 aliphatic heterocycles. The Morgan fingerprint density at radius 1 is 1.62 bits per heavy atom. The molecule has 1 aromatic rings. The predicted molar refractivity (Wildman–Crippen MR) is 60.3 cm³/mol. The molecule has 2 N–H and O–H groups in total. The molecule has 2 heterocycles. The average Bonchev–Trinajstić information content (AvgIpc) is 2.29. The van der Waals surface area contributed by atoms with Crippen molar-refractivity contribution in [2.45, 2.75) is 18.9 Å². The fourth-order valence-corrected chi connectivity index (χ4v) is 1.98. The minimum atomic E-state index is -0.400. The quantitative estimate of drug-likeness (QED) is 0.594. The van der Waals surface area contributed by atoms with Gasteiger partial charge in [0.05, 0.1) is 4.92 Å². The summed E-state index contributed by atoms with van der Waals surface area (Å²) in [7, 11) is 0. The van der Waals surface area contributed by atoms with E-state index in [1.54, 1.807) is 12.3 Å². The van der Waals surface area contributed by atoms with Gasteiger partial charge in [-0.3, -0.25) is 10.1 Å². The fraction of sp³-hybridized carbons (Fsp3) is 0.500. The molecule has 1 aliphatic rings. The molecule has 0 unspecified atom stereocenters. The Hall–Kier alpha value is -1.69. The molecule has 0 aromatic carbocycles. The molecule has 0 aliphatic carbocycles. The van der Waals surface area contributed by atoms with E-state index in [1.165, 1.54) is 6.07 Å². The van der Waals surface area contributed by atoms with Gasteiger partial charge in [-0.25, -0.2) is 4.98 Å². The van der Waals surface area contributed by atoms with E-state index in [9.17, 15) is 10.1 Å². The summed E-state index contributed by atoms with van der Waals surface area (Å²) in [5, 5.41) is 10.9. The molecule has 1 fully saturated rings. The number of nitrogens with two attached hydrogens (primary N) is 1. The van der Waals surface area contributed by atoms with Gasteiger partial charge in [0.1, 0.15) is 0 Å². The highest BCUT2D eigenvalue weighted by Crippen LogP contribution is 2.26. The summed E-state index contributed by atoms with van der Waals surface area (Å²) in [6.45, 7) is 1.42. The molecule has 6 nitrogen and oxygen atoms in total. The Morgan fingerprint density at radius 3 is 3.12 bits per heavy atom. The van der Waals surface area contributed by atoms with Crippen LogP contribution in [0.25, 0.3) is 0 Å². The second kappa shape index (κ2) is 4.44. The number of anilines is 1. The van der Waals surface area contributed by atoms with Crippen molar-refractivity contribution in [2.75, 3.05) is 18.0 Å². The lowest BCUT2D eigenvalue weighted by Crippen LogP contribution is -2.43. The van der Waals surface area contributed by atoms with Gasteiger partial charge in [0.15, 0.2) is 0 Å². The lowest BCUT2D eigenvalue weighted by atomic mass is 10.1. The zero-order valence-corrected chi connectivity index (χ0v) is 8.87. The van der Waals surface area contributed by atoms with Crippen molar-refractivity contribution < 1.29 is 4.92 Å². The third-order valence-corrected chi connectivity index (χ3v) is 2.72. The van der Waals surface area contributed by atoms with E-state index in [0.29, 0.717) is 12.4 Å². The van der Waals surface area contributed by atoms with Crippen LogP contribution < -0.4 is 10.6 Å². The fourth-order valence-electron chi connectivity index (χ4n) is 1.98. The van der Waals surface area contributed by atoms with Crippen molar-refractivity contribution >= 4 is 11.5 Å². The van der Waals surface area contributed by atoms with Crippen LogP contribution >= 0.6 is 0 Å². The topological polar surface area (TPSA) is 85.3 Å². The highest BCUT2D eigenvalue weighted by atomic mass is 16.6. The Balaban J connectivity index is 2.28. The highest BCUT2D eigenvalue weighted by Gasteiger charge is 2.24. The third-order valence-electron chi connectivity index (χ3n) is 2.72. The summed E-state index contributed by atoms with van der Waals surface area (Å²) in [5.41, 5.74) is 5.90. The molecule has 1 aromatic heterocycles. The van der Waals surface area contributed by atoms with E-state index < -0.39 is 4.92 Å². The van der Waals surface area contributed by atoms with E-state index in [-0.39, 0.29) is 11.7 Å². The molecule has 0 bridgehead atoms. The van der Waals surface area contributed by atoms with E-state index in [2.05, 4.69) is 4.98 Å². The van der Waals surface area contributed by atoms with Crippen LogP contribution in [0, 0.1) is 10.1 Å². The van der Waals surface area contributed by atoms with Gasteiger partial charge in [0.25, 0.3) is 0 Å². The van der Waals surface area contributed by atoms with Crippen LogP contribution in [0.15, 0.2) is 18.3 Å². The van der Waals surface area contributed by atoms with Gasteiger partial charge in [0, 0.05) is 31.4 Å². The number of rotatable bonds is 2. The van der Waals surface area contributed by atoms with E-state index in [0.717, 1.165) is 19.4 Å². The van der Waals surface area contributed by atoms with Gasteiger partial charge in [-0.1, -0.05) is 0 Å². The molecule has 1 saturated heterocycles. The van der Waals surface area contributed by atoms with E-state index in [4.69, 9.17) is 5.73 Å². The molecule has 6 heteroatoms. The molecule has 0 saturated carbocycles. The van der Waals surface area contributed by atoms with Crippen LogP contribution in [0.2, 0.25) is 0 Å². The first-order valence-corrected chi connectivity index (χ1v) is 5.28. The first kappa shape index (κ1) is 10.8. The maximum absolute atomic E-state index is 10.9. The summed E-state index contributed by atoms with van der Waals surface area (Å²) in [6.07, 6.45) is 3.49. The van der Waals surface area contributed by atoms with Gasteiger partial charge < -0.3 is 10.6 Å². The third kappa shape index (κ3) is 2.11. The Morgan fingerprint density at radius 2 is 2.44 bits per heavy atom. The summed E-state index contributed by atoms with van der Waals surface area (Å²) in [4.78, 5) is 16.4. The zero-order chi connectivity index (χ0) is 11.5. The Labute approximate surface area is 93.2 Å². The van der Waals surface area contributed by atoms with Crippen LogP contribution in [-0.2, 0) is 0 Å². The normalized spacial score (nSPS) is 20.8. The summed E-state index contributed by atoms with van der Waals surface area (Å²) in [5.74, 6) is 0.433. The van der Waals surface area contributed by atoms with Gasteiger partial charge in [-0.2, -0.15) is 0 Å². The summed E-state index contributed by atoms with van der Waals surface area (Å²) in [6, 6.07) is 3.13. The molecule has 2 rings (SSSR count). The smallest absolute Gasteiger partial charge is 0.311 e. The lowest BCUT2D eigenvalue weighted by Gasteiger charge is -2.31.